The van der Waals surface area contributed by atoms with Crippen molar-refractivity contribution >= 4 is 29.0 Å². The summed E-state index contributed by atoms with van der Waals surface area (Å²) in [5.41, 5.74) is 2.81. The highest BCUT2D eigenvalue weighted by atomic mass is 35.5. The van der Waals surface area contributed by atoms with Crippen molar-refractivity contribution in [3.05, 3.63) is 59.6 Å². The van der Waals surface area contributed by atoms with Gasteiger partial charge < -0.3 is 15.3 Å². The van der Waals surface area contributed by atoms with Crippen molar-refractivity contribution in [2.24, 2.45) is 7.05 Å². The maximum atomic E-state index is 12.6. The quantitative estimate of drug-likeness (QED) is 0.656. The topological polar surface area (TPSA) is 73.6 Å². The third-order valence-electron chi connectivity index (χ3n) is 5.24. The van der Waals surface area contributed by atoms with Gasteiger partial charge in [0.15, 0.2) is 0 Å². The molecule has 0 radical (unpaired) electrons. The Morgan fingerprint density at radius 1 is 1.07 bits per heavy atom. The van der Waals surface area contributed by atoms with Gasteiger partial charge in [0.1, 0.15) is 11.6 Å². The molecule has 1 aliphatic heterocycles. The number of aromatic hydroxyl groups is 1. The monoisotopic (exact) mass is 425 g/mol. The molecule has 156 valence electrons. The molecule has 0 unspecified atom stereocenters. The fraction of sp³-hybridized carbons (Fsp3) is 0.273. The summed E-state index contributed by atoms with van der Waals surface area (Å²) in [6.45, 7) is 3.62. The van der Waals surface area contributed by atoms with E-state index in [1.807, 2.05) is 49.5 Å². The number of amides is 1. The number of nitrogens with zero attached hydrogens (tertiary/aromatic N) is 4. The first kappa shape index (κ1) is 20.3. The number of hydrogen-bond donors (Lipinski definition) is 2. The zero-order chi connectivity index (χ0) is 21.1. The van der Waals surface area contributed by atoms with E-state index in [1.165, 1.54) is 0 Å². The van der Waals surface area contributed by atoms with Crippen LogP contribution >= 0.6 is 11.6 Å². The Bertz CT molecular complexity index is 1010. The van der Waals surface area contributed by atoms with Gasteiger partial charge in [0.05, 0.1) is 12.2 Å². The molecular weight excluding hydrogens is 402 g/mol. The smallest absolute Gasteiger partial charge is 0.239 e. The molecule has 2 aromatic carbocycles. The first-order chi connectivity index (χ1) is 14.5. The second-order valence-electron chi connectivity index (χ2n) is 7.37. The molecule has 1 saturated heterocycles. The highest BCUT2D eigenvalue weighted by molar-refractivity contribution is 6.30. The van der Waals surface area contributed by atoms with Crippen molar-refractivity contribution in [2.75, 3.05) is 42.9 Å². The zero-order valence-electron chi connectivity index (χ0n) is 16.8. The van der Waals surface area contributed by atoms with Crippen molar-refractivity contribution in [1.29, 1.82) is 0 Å². The lowest BCUT2D eigenvalue weighted by Gasteiger charge is -2.35. The summed E-state index contributed by atoms with van der Waals surface area (Å²) in [5, 5.41) is 17.5. The second-order valence-corrected chi connectivity index (χ2v) is 7.81. The molecule has 1 fully saturated rings. The number of anilines is 2. The highest BCUT2D eigenvalue weighted by Gasteiger charge is 2.20. The lowest BCUT2D eigenvalue weighted by molar-refractivity contribution is -0.117. The summed E-state index contributed by atoms with van der Waals surface area (Å²) in [5.74, 6) is 0.870. The van der Waals surface area contributed by atoms with E-state index in [9.17, 15) is 9.90 Å². The van der Waals surface area contributed by atoms with Gasteiger partial charge in [0.25, 0.3) is 0 Å². The van der Waals surface area contributed by atoms with Crippen LogP contribution in [0.2, 0.25) is 5.02 Å². The molecule has 8 heteroatoms. The number of piperazine rings is 1. The lowest BCUT2D eigenvalue weighted by Crippen LogP contribution is -2.48. The number of benzene rings is 2. The van der Waals surface area contributed by atoms with Crippen LogP contribution in [0.15, 0.2) is 54.6 Å². The summed E-state index contributed by atoms with van der Waals surface area (Å²) in [4.78, 5) is 17.0. The fourth-order valence-corrected chi connectivity index (χ4v) is 3.69. The molecule has 0 spiro atoms. The summed E-state index contributed by atoms with van der Waals surface area (Å²) in [6.07, 6.45) is 0. The normalized spacial score (nSPS) is 14.7. The maximum Gasteiger partial charge on any atom is 0.239 e. The number of phenolic OH excluding ortho intramolecular Hbond substituents is 1. The van der Waals surface area contributed by atoms with Crippen LogP contribution in [0.25, 0.3) is 11.3 Å². The first-order valence-corrected chi connectivity index (χ1v) is 10.2. The van der Waals surface area contributed by atoms with E-state index in [-0.39, 0.29) is 11.7 Å². The van der Waals surface area contributed by atoms with Crippen LogP contribution in [0.5, 0.6) is 5.75 Å². The van der Waals surface area contributed by atoms with Gasteiger partial charge in [-0.05, 0) is 36.4 Å². The minimum Gasteiger partial charge on any atom is -0.508 e. The van der Waals surface area contributed by atoms with Crippen molar-refractivity contribution in [2.45, 2.75) is 0 Å². The molecule has 1 amide bonds. The maximum absolute atomic E-state index is 12.6. The largest absolute Gasteiger partial charge is 0.508 e. The van der Waals surface area contributed by atoms with Crippen LogP contribution in [0.3, 0.4) is 0 Å². The number of carbonyl (C=O) groups is 1. The SMILES string of the molecule is Cn1nc(-c2ccc(Cl)cc2)cc1NC(=O)CN1CCN(c2ccc(O)cc2)CC1. The molecule has 2 heterocycles. The van der Waals surface area contributed by atoms with Crippen LogP contribution in [0.1, 0.15) is 0 Å². The molecule has 0 atom stereocenters. The molecule has 0 bridgehead atoms. The van der Waals surface area contributed by atoms with E-state index in [2.05, 4.69) is 20.2 Å². The van der Waals surface area contributed by atoms with Crippen LogP contribution in [-0.4, -0.2) is 58.4 Å². The Labute approximate surface area is 180 Å². The minimum absolute atomic E-state index is 0.0567. The molecular formula is C22H24ClN5O2. The Hall–Kier alpha value is -3.03. The summed E-state index contributed by atoms with van der Waals surface area (Å²) < 4.78 is 1.67. The van der Waals surface area contributed by atoms with E-state index in [0.29, 0.717) is 17.4 Å². The molecule has 0 aliphatic carbocycles. The van der Waals surface area contributed by atoms with Crippen molar-refractivity contribution in [3.8, 4) is 17.0 Å². The van der Waals surface area contributed by atoms with Gasteiger partial charge >= 0.3 is 0 Å². The Kier molecular flexibility index (Phi) is 5.92. The average Bonchev–Trinajstić information content (AvgIpc) is 3.10. The van der Waals surface area contributed by atoms with Gasteiger partial charge in [-0.15, -0.1) is 0 Å². The molecule has 7 nitrogen and oxygen atoms in total. The number of carbonyl (C=O) groups excluding carboxylic acids is 1. The van der Waals surface area contributed by atoms with Crippen molar-refractivity contribution in [3.63, 3.8) is 0 Å². The second kappa shape index (κ2) is 8.77. The van der Waals surface area contributed by atoms with Gasteiger partial charge in [-0.3, -0.25) is 14.4 Å². The number of nitrogens with one attached hydrogen (secondary N) is 1. The molecule has 3 aromatic rings. The van der Waals surface area contributed by atoms with Gasteiger partial charge in [-0.2, -0.15) is 5.10 Å². The molecule has 1 aromatic heterocycles. The third kappa shape index (κ3) is 4.75. The Morgan fingerprint density at radius 3 is 2.40 bits per heavy atom. The number of aryl methyl sites for hydroxylation is 1. The Morgan fingerprint density at radius 2 is 1.73 bits per heavy atom. The molecule has 2 N–H and O–H groups in total. The summed E-state index contributed by atoms with van der Waals surface area (Å²) in [6, 6.07) is 16.5. The predicted octanol–water partition coefficient (Wildman–Crippen LogP) is 3.21. The number of hydrogen-bond acceptors (Lipinski definition) is 5. The summed E-state index contributed by atoms with van der Waals surface area (Å²) in [7, 11) is 1.81. The molecule has 30 heavy (non-hydrogen) atoms. The predicted molar refractivity (Wildman–Crippen MR) is 119 cm³/mol. The van der Waals surface area contributed by atoms with Crippen molar-refractivity contribution < 1.29 is 9.90 Å². The van der Waals surface area contributed by atoms with Crippen molar-refractivity contribution in [1.82, 2.24) is 14.7 Å². The molecule has 1 aliphatic rings. The number of phenols is 1. The average molecular weight is 426 g/mol. The van der Waals surface area contributed by atoms with Crippen LogP contribution in [-0.2, 0) is 11.8 Å². The first-order valence-electron chi connectivity index (χ1n) is 9.84. The van der Waals surface area contributed by atoms with Crippen LogP contribution in [0.4, 0.5) is 11.5 Å². The number of rotatable bonds is 5. The fourth-order valence-electron chi connectivity index (χ4n) is 3.56. The van der Waals surface area contributed by atoms with Crippen LogP contribution < -0.4 is 10.2 Å². The van der Waals surface area contributed by atoms with E-state index in [0.717, 1.165) is 43.1 Å². The minimum atomic E-state index is -0.0567. The highest BCUT2D eigenvalue weighted by Crippen LogP contribution is 2.23. The van der Waals surface area contributed by atoms with Gasteiger partial charge in [0.2, 0.25) is 5.91 Å². The van der Waals surface area contributed by atoms with E-state index in [4.69, 9.17) is 11.6 Å². The molecule has 0 saturated carbocycles. The number of halogens is 1. The van der Waals surface area contributed by atoms with Gasteiger partial charge in [-0.25, -0.2) is 0 Å². The van der Waals surface area contributed by atoms with E-state index in [1.54, 1.807) is 16.8 Å². The Balaban J connectivity index is 1.31. The van der Waals surface area contributed by atoms with E-state index >= 15 is 0 Å². The number of aromatic nitrogens is 2. The van der Waals surface area contributed by atoms with E-state index < -0.39 is 0 Å². The molecule has 4 rings (SSSR count). The lowest BCUT2D eigenvalue weighted by atomic mass is 10.1. The van der Waals surface area contributed by atoms with Crippen LogP contribution in [0, 0.1) is 0 Å². The summed E-state index contributed by atoms with van der Waals surface area (Å²) >= 11 is 5.95. The zero-order valence-corrected chi connectivity index (χ0v) is 17.5. The van der Waals surface area contributed by atoms with Gasteiger partial charge in [0, 0.05) is 55.6 Å². The third-order valence-corrected chi connectivity index (χ3v) is 5.49. The van der Waals surface area contributed by atoms with Gasteiger partial charge in [-0.1, -0.05) is 23.7 Å². The standard InChI is InChI=1S/C22H24ClN5O2/c1-26-21(14-20(25-26)16-2-4-17(23)5-3-16)24-22(30)15-27-10-12-28(13-11-27)18-6-8-19(29)9-7-18/h2-9,14,29H,10-13,15H2,1H3,(H,24,30).